The average Bonchev–Trinajstić information content (AvgIpc) is 2.49. The Hall–Kier alpha value is -1.35. The first-order valence-electron chi connectivity index (χ1n) is 8.14. The third kappa shape index (κ3) is 3.46. The summed E-state index contributed by atoms with van der Waals surface area (Å²) in [6.45, 7) is 5.45. The van der Waals surface area contributed by atoms with Gasteiger partial charge in [0.2, 0.25) is 5.91 Å². The van der Waals surface area contributed by atoms with Crippen molar-refractivity contribution >= 4 is 5.91 Å². The fourth-order valence-corrected chi connectivity index (χ4v) is 3.49. The Morgan fingerprint density at radius 3 is 2.57 bits per heavy atom. The van der Waals surface area contributed by atoms with E-state index in [4.69, 9.17) is 0 Å². The first-order valence-corrected chi connectivity index (χ1v) is 8.14. The molecule has 3 nitrogen and oxygen atoms in total. The highest BCUT2D eigenvalue weighted by Crippen LogP contribution is 2.35. The highest BCUT2D eigenvalue weighted by atomic mass is 16.2. The Morgan fingerprint density at radius 2 is 1.86 bits per heavy atom. The Balaban J connectivity index is 1.55. The molecule has 1 unspecified atom stereocenters. The zero-order valence-electron chi connectivity index (χ0n) is 13.1. The lowest BCUT2D eigenvalue weighted by molar-refractivity contribution is -0.124. The van der Waals surface area contributed by atoms with Crippen molar-refractivity contribution in [1.29, 1.82) is 0 Å². The van der Waals surface area contributed by atoms with Crippen LogP contribution in [-0.4, -0.2) is 18.0 Å². The minimum Gasteiger partial charge on any atom is -0.352 e. The van der Waals surface area contributed by atoms with E-state index in [1.165, 1.54) is 24.0 Å². The monoisotopic (exact) mass is 286 g/mol. The quantitative estimate of drug-likeness (QED) is 0.878. The van der Waals surface area contributed by atoms with E-state index in [0.29, 0.717) is 11.5 Å². The number of rotatable bonds is 2. The summed E-state index contributed by atoms with van der Waals surface area (Å²) in [5, 5.41) is 6.62. The fourth-order valence-electron chi connectivity index (χ4n) is 3.49. The first kappa shape index (κ1) is 14.6. The molecule has 21 heavy (non-hydrogen) atoms. The summed E-state index contributed by atoms with van der Waals surface area (Å²) in [5.41, 5.74) is 3.07. The van der Waals surface area contributed by atoms with Crippen molar-refractivity contribution in [2.24, 2.45) is 5.41 Å². The number of hydrogen-bond acceptors (Lipinski definition) is 2. The zero-order valence-corrected chi connectivity index (χ0v) is 13.1. The molecule has 1 saturated carbocycles. The lowest BCUT2D eigenvalue weighted by Gasteiger charge is -2.35. The molecule has 0 spiro atoms. The second kappa shape index (κ2) is 5.80. The van der Waals surface area contributed by atoms with Gasteiger partial charge in [0.1, 0.15) is 0 Å². The Morgan fingerprint density at radius 1 is 1.19 bits per heavy atom. The van der Waals surface area contributed by atoms with E-state index in [0.717, 1.165) is 25.8 Å². The summed E-state index contributed by atoms with van der Waals surface area (Å²) in [7, 11) is 0. The van der Waals surface area contributed by atoms with Gasteiger partial charge in [-0.2, -0.15) is 0 Å². The van der Waals surface area contributed by atoms with Gasteiger partial charge in [0.15, 0.2) is 0 Å². The number of fused-ring (bicyclic) bond motifs is 1. The van der Waals surface area contributed by atoms with Crippen molar-refractivity contribution in [2.75, 3.05) is 0 Å². The minimum atomic E-state index is -0.0742. The molecule has 1 aliphatic heterocycles. The molecule has 1 aromatic carbocycles. The lowest BCUT2D eigenvalue weighted by atomic mass is 9.75. The van der Waals surface area contributed by atoms with Crippen LogP contribution in [0.25, 0.3) is 0 Å². The maximum absolute atomic E-state index is 12.5. The van der Waals surface area contributed by atoms with Gasteiger partial charge in [-0.05, 0) is 48.6 Å². The maximum Gasteiger partial charge on any atom is 0.237 e. The lowest BCUT2D eigenvalue weighted by Crippen LogP contribution is -2.51. The van der Waals surface area contributed by atoms with Gasteiger partial charge in [-0.15, -0.1) is 0 Å². The van der Waals surface area contributed by atoms with E-state index >= 15 is 0 Å². The number of benzene rings is 1. The topological polar surface area (TPSA) is 41.1 Å². The molecule has 1 aromatic rings. The predicted octanol–water partition coefficient (Wildman–Crippen LogP) is 2.79. The van der Waals surface area contributed by atoms with Crippen LogP contribution in [0.3, 0.4) is 0 Å². The summed E-state index contributed by atoms with van der Waals surface area (Å²) >= 11 is 0. The molecule has 0 bridgehead atoms. The van der Waals surface area contributed by atoms with Crippen molar-refractivity contribution in [2.45, 2.75) is 64.6 Å². The Bertz CT molecular complexity index is 514. The van der Waals surface area contributed by atoms with Gasteiger partial charge in [-0.25, -0.2) is 0 Å². The van der Waals surface area contributed by atoms with Crippen LogP contribution in [0, 0.1) is 5.41 Å². The van der Waals surface area contributed by atoms with Crippen molar-refractivity contribution in [3.8, 4) is 0 Å². The number of carbonyl (C=O) groups excluding carboxylic acids is 1. The molecular weight excluding hydrogens is 260 g/mol. The fraction of sp³-hybridized carbons (Fsp3) is 0.611. The number of amides is 1. The molecule has 3 heteroatoms. The average molecular weight is 286 g/mol. The zero-order chi connectivity index (χ0) is 14.9. The normalized spacial score (nSPS) is 25.1. The summed E-state index contributed by atoms with van der Waals surface area (Å²) < 4.78 is 0. The summed E-state index contributed by atoms with van der Waals surface area (Å²) in [4.78, 5) is 12.5. The van der Waals surface area contributed by atoms with E-state index < -0.39 is 0 Å². The molecule has 0 saturated heterocycles. The predicted molar refractivity (Wildman–Crippen MR) is 85.0 cm³/mol. The molecule has 1 amide bonds. The van der Waals surface area contributed by atoms with Gasteiger partial charge < -0.3 is 10.6 Å². The Labute approximate surface area is 127 Å². The second-order valence-corrected chi connectivity index (χ2v) is 7.35. The summed E-state index contributed by atoms with van der Waals surface area (Å²) in [6, 6.07) is 8.69. The molecule has 3 rings (SSSR count). The second-order valence-electron chi connectivity index (χ2n) is 7.35. The van der Waals surface area contributed by atoms with Crippen molar-refractivity contribution < 1.29 is 4.79 Å². The first-order chi connectivity index (χ1) is 10.0. The van der Waals surface area contributed by atoms with E-state index in [1.54, 1.807) is 0 Å². The molecule has 0 radical (unpaired) electrons. The molecule has 1 atom stereocenters. The van der Waals surface area contributed by atoms with Crippen molar-refractivity contribution in [1.82, 2.24) is 10.6 Å². The molecule has 2 N–H and O–H groups in total. The highest BCUT2D eigenvalue weighted by molar-refractivity contribution is 5.82. The van der Waals surface area contributed by atoms with Crippen LogP contribution < -0.4 is 10.6 Å². The van der Waals surface area contributed by atoms with Crippen LogP contribution in [0.4, 0.5) is 0 Å². The van der Waals surface area contributed by atoms with E-state index in [1.807, 2.05) is 0 Å². The SMILES string of the molecule is CC1(C)CCC(NC(=O)C2Cc3ccccc3CN2)CC1. The van der Waals surface area contributed by atoms with Crippen LogP contribution in [0.5, 0.6) is 0 Å². The van der Waals surface area contributed by atoms with Gasteiger partial charge in [-0.3, -0.25) is 4.79 Å². The molecule has 1 fully saturated rings. The largest absolute Gasteiger partial charge is 0.352 e. The number of carbonyl (C=O) groups is 1. The van der Waals surface area contributed by atoms with Crippen molar-refractivity contribution in [3.05, 3.63) is 35.4 Å². The molecule has 1 heterocycles. The van der Waals surface area contributed by atoms with Gasteiger partial charge in [0, 0.05) is 12.6 Å². The number of nitrogens with one attached hydrogen (secondary N) is 2. The van der Waals surface area contributed by atoms with Gasteiger partial charge >= 0.3 is 0 Å². The Kier molecular flexibility index (Phi) is 4.03. The standard InChI is InChI=1S/C18H26N2O/c1-18(2)9-7-15(8-10-18)20-17(21)16-11-13-5-3-4-6-14(13)12-19-16/h3-6,15-16,19H,7-12H2,1-2H3,(H,20,21). The molecule has 2 aliphatic rings. The molecular formula is C18H26N2O. The molecule has 1 aliphatic carbocycles. The number of hydrogen-bond donors (Lipinski definition) is 2. The van der Waals surface area contributed by atoms with Crippen molar-refractivity contribution in [3.63, 3.8) is 0 Å². The van der Waals surface area contributed by atoms with E-state index in [2.05, 4.69) is 48.7 Å². The van der Waals surface area contributed by atoms with Crippen LogP contribution >= 0.6 is 0 Å². The summed E-state index contributed by atoms with van der Waals surface area (Å²) in [6.07, 6.45) is 5.45. The summed E-state index contributed by atoms with van der Waals surface area (Å²) in [5.74, 6) is 0.175. The highest BCUT2D eigenvalue weighted by Gasteiger charge is 2.30. The smallest absolute Gasteiger partial charge is 0.237 e. The van der Waals surface area contributed by atoms with Crippen LogP contribution in [0.2, 0.25) is 0 Å². The molecule has 114 valence electrons. The van der Waals surface area contributed by atoms with Crippen LogP contribution in [0.15, 0.2) is 24.3 Å². The van der Waals surface area contributed by atoms with Gasteiger partial charge in [0.25, 0.3) is 0 Å². The molecule has 0 aromatic heterocycles. The maximum atomic E-state index is 12.5. The third-order valence-electron chi connectivity index (χ3n) is 5.08. The van der Waals surface area contributed by atoms with Gasteiger partial charge in [-0.1, -0.05) is 38.1 Å². The van der Waals surface area contributed by atoms with E-state index in [-0.39, 0.29) is 11.9 Å². The van der Waals surface area contributed by atoms with E-state index in [9.17, 15) is 4.79 Å². The third-order valence-corrected chi connectivity index (χ3v) is 5.08. The van der Waals surface area contributed by atoms with Gasteiger partial charge in [0.05, 0.1) is 6.04 Å². The van der Waals surface area contributed by atoms with Crippen LogP contribution in [-0.2, 0) is 17.8 Å². The van der Waals surface area contributed by atoms with Crippen LogP contribution in [0.1, 0.15) is 50.7 Å². The minimum absolute atomic E-state index is 0.0742.